The molecule has 0 amide bonds. The van der Waals surface area contributed by atoms with Crippen LogP contribution in [0, 0.1) is 0 Å². The quantitative estimate of drug-likeness (QED) is 0.812. The van der Waals surface area contributed by atoms with Crippen LogP contribution in [-0.2, 0) is 23.0 Å². The molecule has 16 heavy (non-hydrogen) atoms. The first-order valence-electron chi connectivity index (χ1n) is 5.14. The maximum Gasteiger partial charge on any atom is 0.292 e. The minimum Gasteiger partial charge on any atom is -0.427 e. The molecule has 6 nitrogen and oxygen atoms in total. The van der Waals surface area contributed by atoms with E-state index in [4.69, 9.17) is 10.2 Å². The van der Waals surface area contributed by atoms with Crippen molar-refractivity contribution in [2.24, 2.45) is 0 Å². The summed E-state index contributed by atoms with van der Waals surface area (Å²) >= 11 is 0. The Morgan fingerprint density at radius 3 is 2.81 bits per heavy atom. The third kappa shape index (κ3) is 1.80. The SMILES string of the molecule is CC(C)S(=O)(=O)N1CCc2nc(N)oc2C1. The van der Waals surface area contributed by atoms with Crippen molar-refractivity contribution in [3.8, 4) is 0 Å². The van der Waals surface area contributed by atoms with Crippen LogP contribution >= 0.6 is 0 Å². The van der Waals surface area contributed by atoms with Gasteiger partial charge >= 0.3 is 0 Å². The molecule has 2 rings (SSSR count). The van der Waals surface area contributed by atoms with E-state index in [0.717, 1.165) is 5.69 Å². The number of hydrogen-bond acceptors (Lipinski definition) is 5. The van der Waals surface area contributed by atoms with Crippen LogP contribution in [0.5, 0.6) is 0 Å². The number of aromatic nitrogens is 1. The van der Waals surface area contributed by atoms with Crippen molar-refractivity contribution in [2.75, 3.05) is 12.3 Å². The predicted octanol–water partition coefficient (Wildman–Crippen LogP) is 0.353. The molecule has 0 saturated heterocycles. The monoisotopic (exact) mass is 245 g/mol. The van der Waals surface area contributed by atoms with Crippen molar-refractivity contribution in [3.05, 3.63) is 11.5 Å². The first kappa shape index (κ1) is 11.4. The van der Waals surface area contributed by atoms with E-state index in [-0.39, 0.29) is 12.6 Å². The summed E-state index contributed by atoms with van der Waals surface area (Å²) in [5.74, 6) is 0.563. The Hall–Kier alpha value is -1.08. The molecular formula is C9H15N3O3S. The Kier molecular flexibility index (Phi) is 2.67. The minimum absolute atomic E-state index is 0.105. The van der Waals surface area contributed by atoms with E-state index >= 15 is 0 Å². The number of nitrogens with zero attached hydrogens (tertiary/aromatic N) is 2. The van der Waals surface area contributed by atoms with Crippen LogP contribution < -0.4 is 5.73 Å². The third-order valence-electron chi connectivity index (χ3n) is 2.67. The summed E-state index contributed by atoms with van der Waals surface area (Å²) in [6.07, 6.45) is 0.558. The number of rotatable bonds is 2. The lowest BCUT2D eigenvalue weighted by molar-refractivity contribution is 0.343. The highest BCUT2D eigenvalue weighted by molar-refractivity contribution is 7.89. The van der Waals surface area contributed by atoms with Gasteiger partial charge in [-0.05, 0) is 13.8 Å². The number of fused-ring (bicyclic) bond motifs is 1. The Balaban J connectivity index is 2.26. The average Bonchev–Trinajstić information content (AvgIpc) is 2.56. The van der Waals surface area contributed by atoms with Crippen molar-refractivity contribution in [2.45, 2.75) is 32.1 Å². The summed E-state index contributed by atoms with van der Waals surface area (Å²) in [5.41, 5.74) is 6.20. The average molecular weight is 245 g/mol. The normalized spacial score (nSPS) is 17.7. The maximum absolute atomic E-state index is 11.9. The molecular weight excluding hydrogens is 230 g/mol. The third-order valence-corrected chi connectivity index (χ3v) is 4.89. The highest BCUT2D eigenvalue weighted by atomic mass is 32.2. The fourth-order valence-corrected chi connectivity index (χ4v) is 2.95. The summed E-state index contributed by atoms with van der Waals surface area (Å²) in [6, 6.07) is 0.105. The van der Waals surface area contributed by atoms with E-state index in [0.29, 0.717) is 18.7 Å². The molecule has 1 aromatic rings. The van der Waals surface area contributed by atoms with Gasteiger partial charge in [0.25, 0.3) is 6.01 Å². The molecule has 1 aliphatic heterocycles. The van der Waals surface area contributed by atoms with Gasteiger partial charge in [0.05, 0.1) is 17.5 Å². The van der Waals surface area contributed by atoms with Gasteiger partial charge in [0.1, 0.15) is 5.76 Å². The van der Waals surface area contributed by atoms with Crippen molar-refractivity contribution < 1.29 is 12.8 Å². The maximum atomic E-state index is 11.9. The zero-order valence-corrected chi connectivity index (χ0v) is 10.1. The zero-order chi connectivity index (χ0) is 11.9. The van der Waals surface area contributed by atoms with Gasteiger partial charge in [0.15, 0.2) is 0 Å². The lowest BCUT2D eigenvalue weighted by Crippen LogP contribution is -2.39. The van der Waals surface area contributed by atoms with E-state index in [2.05, 4.69) is 4.98 Å². The van der Waals surface area contributed by atoms with E-state index in [1.807, 2.05) is 0 Å². The van der Waals surface area contributed by atoms with Crippen LogP contribution in [0.25, 0.3) is 0 Å². The number of nitrogen functional groups attached to an aromatic ring is 1. The summed E-state index contributed by atoms with van der Waals surface area (Å²) in [6.45, 7) is 4.01. The van der Waals surface area contributed by atoms with Crippen molar-refractivity contribution in [1.82, 2.24) is 9.29 Å². The molecule has 0 unspecified atom stereocenters. The van der Waals surface area contributed by atoms with Crippen LogP contribution in [0.1, 0.15) is 25.3 Å². The second-order valence-corrected chi connectivity index (χ2v) is 6.59. The molecule has 0 atom stereocenters. The highest BCUT2D eigenvalue weighted by Gasteiger charge is 2.31. The molecule has 7 heteroatoms. The van der Waals surface area contributed by atoms with E-state index in [1.54, 1.807) is 13.8 Å². The molecule has 0 saturated carbocycles. The van der Waals surface area contributed by atoms with Gasteiger partial charge in [-0.15, -0.1) is 0 Å². The first-order valence-corrected chi connectivity index (χ1v) is 6.64. The summed E-state index contributed by atoms with van der Waals surface area (Å²) in [5, 5.41) is -0.422. The fraction of sp³-hybridized carbons (Fsp3) is 0.667. The molecule has 90 valence electrons. The topological polar surface area (TPSA) is 89.4 Å². The Bertz CT molecular complexity index is 492. The molecule has 2 heterocycles. The van der Waals surface area contributed by atoms with Crippen LogP contribution in [0.2, 0.25) is 0 Å². The van der Waals surface area contributed by atoms with E-state index in [9.17, 15) is 8.42 Å². The number of sulfonamides is 1. The first-order chi connectivity index (χ1) is 7.41. The summed E-state index contributed by atoms with van der Waals surface area (Å²) < 4.78 is 30.5. The Labute approximate surface area is 94.5 Å². The summed E-state index contributed by atoms with van der Waals surface area (Å²) in [4.78, 5) is 4.00. The van der Waals surface area contributed by atoms with Crippen molar-refractivity contribution in [3.63, 3.8) is 0 Å². The second-order valence-electron chi connectivity index (χ2n) is 4.10. The van der Waals surface area contributed by atoms with Gasteiger partial charge < -0.3 is 10.2 Å². The lowest BCUT2D eigenvalue weighted by Gasteiger charge is -2.26. The zero-order valence-electron chi connectivity index (χ0n) is 9.30. The molecule has 0 radical (unpaired) electrons. The van der Waals surface area contributed by atoms with Gasteiger partial charge in [0.2, 0.25) is 10.0 Å². The van der Waals surface area contributed by atoms with Crippen molar-refractivity contribution in [1.29, 1.82) is 0 Å². The van der Waals surface area contributed by atoms with Crippen LogP contribution in [0.4, 0.5) is 6.01 Å². The van der Waals surface area contributed by atoms with Gasteiger partial charge in [-0.2, -0.15) is 9.29 Å². The lowest BCUT2D eigenvalue weighted by atomic mass is 10.2. The van der Waals surface area contributed by atoms with Crippen LogP contribution in [0.15, 0.2) is 4.42 Å². The number of hydrogen-bond donors (Lipinski definition) is 1. The molecule has 0 aliphatic carbocycles. The van der Waals surface area contributed by atoms with Gasteiger partial charge in [-0.3, -0.25) is 0 Å². The van der Waals surface area contributed by atoms with Crippen LogP contribution in [-0.4, -0.2) is 29.5 Å². The number of oxazole rings is 1. The number of anilines is 1. The van der Waals surface area contributed by atoms with Crippen LogP contribution in [0.3, 0.4) is 0 Å². The highest BCUT2D eigenvalue weighted by Crippen LogP contribution is 2.24. The van der Waals surface area contributed by atoms with E-state index < -0.39 is 15.3 Å². The molecule has 0 spiro atoms. The van der Waals surface area contributed by atoms with Gasteiger partial charge in [-0.1, -0.05) is 0 Å². The smallest absolute Gasteiger partial charge is 0.292 e. The van der Waals surface area contributed by atoms with Gasteiger partial charge in [-0.25, -0.2) is 8.42 Å². The fourth-order valence-electron chi connectivity index (χ4n) is 1.71. The second kappa shape index (κ2) is 3.74. The number of nitrogens with two attached hydrogens (primary N) is 1. The molecule has 0 fully saturated rings. The molecule has 0 aromatic carbocycles. The molecule has 1 aromatic heterocycles. The molecule has 1 aliphatic rings. The van der Waals surface area contributed by atoms with E-state index in [1.165, 1.54) is 4.31 Å². The predicted molar refractivity (Wildman–Crippen MR) is 59.1 cm³/mol. The Morgan fingerprint density at radius 2 is 2.19 bits per heavy atom. The van der Waals surface area contributed by atoms with Crippen molar-refractivity contribution >= 4 is 16.0 Å². The largest absolute Gasteiger partial charge is 0.427 e. The Morgan fingerprint density at radius 1 is 1.50 bits per heavy atom. The molecule has 2 N–H and O–H groups in total. The standard InChI is InChI=1S/C9H15N3O3S/c1-6(2)16(13,14)12-4-3-7-8(5-12)15-9(10)11-7/h6H,3-5H2,1-2H3,(H2,10,11). The molecule has 0 bridgehead atoms. The summed E-state index contributed by atoms with van der Waals surface area (Å²) in [7, 11) is -3.23. The van der Waals surface area contributed by atoms with Gasteiger partial charge in [0, 0.05) is 13.0 Å². The minimum atomic E-state index is -3.23.